The highest BCUT2D eigenvalue weighted by Crippen LogP contribution is 2.09. The molecule has 0 bridgehead atoms. The molecule has 5 heteroatoms. The Morgan fingerprint density at radius 3 is 2.73 bits per heavy atom. The van der Waals surface area contributed by atoms with Gasteiger partial charge in [0.2, 0.25) is 0 Å². The Morgan fingerprint density at radius 2 is 2.36 bits per heavy atom. The summed E-state index contributed by atoms with van der Waals surface area (Å²) in [6.07, 6.45) is 1.08. The molecule has 1 aromatic rings. The molecule has 0 aliphatic heterocycles. The average Bonchev–Trinajstić information content (AvgIpc) is 1.85. The molecule has 0 aliphatic carbocycles. The molecule has 0 aromatic carbocycles. The van der Waals surface area contributed by atoms with Crippen molar-refractivity contribution in [1.82, 2.24) is 0 Å². The lowest BCUT2D eigenvalue weighted by Gasteiger charge is -1.99. The number of hydrogen-bond donors (Lipinski definition) is 1. The number of carboxylic acids is 1. The average molecular weight is 174 g/mol. The van der Waals surface area contributed by atoms with Crippen molar-refractivity contribution in [2.75, 3.05) is 0 Å². The third-order valence-electron chi connectivity index (χ3n) is 1.11. The predicted molar refractivity (Wildman–Crippen MR) is 37.4 cm³/mol. The number of hydrogen-bond acceptors (Lipinski definition) is 2. The fourth-order valence-electron chi connectivity index (χ4n) is 0.661. The Labute approximate surface area is 67.2 Å². The molecule has 0 unspecified atom stereocenters. The van der Waals surface area contributed by atoms with Gasteiger partial charge in [0.25, 0.3) is 0 Å². The first kappa shape index (κ1) is 7.81. The van der Waals surface area contributed by atoms with Crippen LogP contribution in [0.5, 0.6) is 0 Å². The van der Waals surface area contributed by atoms with E-state index in [1.807, 2.05) is 0 Å². The predicted octanol–water partition coefficient (Wildman–Crippen LogP) is 0.672. The second-order valence-electron chi connectivity index (χ2n) is 1.84. The molecular weight excluding hydrogens is 170 g/mol. The van der Waals surface area contributed by atoms with Crippen LogP contribution in [0.3, 0.4) is 0 Å². The molecule has 1 rings (SSSR count). The Kier molecular flexibility index (Phi) is 1.96. The van der Waals surface area contributed by atoms with E-state index in [-0.39, 0.29) is 9.75 Å². The number of aromatic nitrogens is 1. The topological polar surface area (TPSA) is 64.2 Å². The third kappa shape index (κ3) is 1.40. The molecule has 58 valence electrons. The van der Waals surface area contributed by atoms with Gasteiger partial charge in [-0.1, -0.05) is 11.6 Å². The van der Waals surface area contributed by atoms with Crippen LogP contribution in [0.1, 0.15) is 10.5 Å². The van der Waals surface area contributed by atoms with E-state index in [4.69, 9.17) is 16.7 Å². The first-order valence-corrected chi connectivity index (χ1v) is 3.11. The quantitative estimate of drug-likeness (QED) is 0.502. The van der Waals surface area contributed by atoms with Gasteiger partial charge in [-0.3, -0.25) is 0 Å². The van der Waals surface area contributed by atoms with E-state index in [9.17, 15) is 10.0 Å². The van der Waals surface area contributed by atoms with Crippen molar-refractivity contribution >= 4 is 17.6 Å². The Hall–Kier alpha value is -1.29. The number of rotatable bonds is 1. The zero-order valence-corrected chi connectivity index (χ0v) is 6.08. The van der Waals surface area contributed by atoms with E-state index >= 15 is 0 Å². The van der Waals surface area contributed by atoms with E-state index < -0.39 is 11.7 Å². The maximum atomic E-state index is 10.7. The largest absolute Gasteiger partial charge is 0.618 e. The van der Waals surface area contributed by atoms with Crippen molar-refractivity contribution in [2.24, 2.45) is 0 Å². The van der Waals surface area contributed by atoms with Gasteiger partial charge in [0.1, 0.15) is 5.02 Å². The maximum absolute atomic E-state index is 10.7. The highest BCUT2D eigenvalue weighted by Gasteiger charge is 2.18. The minimum Gasteiger partial charge on any atom is -0.618 e. The lowest BCUT2D eigenvalue weighted by Crippen LogP contribution is -2.34. The van der Waals surface area contributed by atoms with Crippen LogP contribution in [0.4, 0.5) is 0 Å². The minimum atomic E-state index is -1.33. The molecule has 0 aliphatic rings. The number of carbonyl (C=O) groups is 1. The maximum Gasteiger partial charge on any atom is 0.404 e. The second-order valence-corrected chi connectivity index (χ2v) is 2.24. The van der Waals surface area contributed by atoms with Crippen LogP contribution in [0.25, 0.3) is 0 Å². The molecule has 11 heavy (non-hydrogen) atoms. The van der Waals surface area contributed by atoms with Crippen molar-refractivity contribution in [2.45, 2.75) is 0 Å². The van der Waals surface area contributed by atoms with Gasteiger partial charge in [-0.15, -0.1) is 0 Å². The summed E-state index contributed by atoms with van der Waals surface area (Å²) in [4.78, 5) is 10.3. The molecule has 1 heterocycles. The molecule has 0 amide bonds. The van der Waals surface area contributed by atoms with Crippen molar-refractivity contribution in [3.63, 3.8) is 0 Å². The first-order chi connectivity index (χ1) is 5.13. The van der Waals surface area contributed by atoms with Crippen molar-refractivity contribution in [3.05, 3.63) is 34.3 Å². The molecule has 1 aromatic heterocycles. The first-order valence-electron chi connectivity index (χ1n) is 2.74. The van der Waals surface area contributed by atoms with Crippen LogP contribution in [-0.4, -0.2) is 11.1 Å². The molecule has 0 radical (unpaired) electrons. The highest BCUT2D eigenvalue weighted by atomic mass is 35.5. The number of pyridine rings is 1. The van der Waals surface area contributed by atoms with Crippen molar-refractivity contribution in [3.8, 4) is 0 Å². The zero-order valence-electron chi connectivity index (χ0n) is 5.32. The summed E-state index contributed by atoms with van der Waals surface area (Å²) in [5.74, 6) is -1.33. The smallest absolute Gasteiger partial charge is 0.404 e. The molecule has 0 saturated heterocycles. The summed E-state index contributed by atoms with van der Waals surface area (Å²) in [7, 11) is 0. The summed E-state index contributed by atoms with van der Waals surface area (Å²) in [5.41, 5.74) is -0.450. The van der Waals surface area contributed by atoms with Gasteiger partial charge in [-0.05, 0) is 6.07 Å². The van der Waals surface area contributed by atoms with Gasteiger partial charge >= 0.3 is 11.7 Å². The Balaban J connectivity index is 3.32. The second kappa shape index (κ2) is 2.75. The lowest BCUT2D eigenvalue weighted by molar-refractivity contribution is -0.608. The van der Waals surface area contributed by atoms with E-state index in [0.29, 0.717) is 0 Å². The summed E-state index contributed by atoms with van der Waals surface area (Å²) >= 11 is 5.42. The fraction of sp³-hybridized carbons (Fsp3) is 0. The van der Waals surface area contributed by atoms with Crippen LogP contribution in [-0.2, 0) is 0 Å². The van der Waals surface area contributed by atoms with Crippen LogP contribution in [0.15, 0.2) is 18.3 Å². The number of carboxylic acid groups (broad SMARTS) is 1. The summed E-state index contributed by atoms with van der Waals surface area (Å²) < 4.78 is 0.213. The number of nitrogens with zero attached hydrogens (tertiary/aromatic N) is 1. The summed E-state index contributed by atoms with van der Waals surface area (Å²) in [6, 6.07) is 2.72. The molecular formula is C6H4ClNO3. The zero-order chi connectivity index (χ0) is 8.43. The molecule has 0 saturated carbocycles. The van der Waals surface area contributed by atoms with E-state index in [0.717, 1.165) is 6.20 Å². The summed E-state index contributed by atoms with van der Waals surface area (Å²) in [5, 5.41) is 19.1. The molecule has 0 spiro atoms. The Morgan fingerprint density at radius 1 is 1.73 bits per heavy atom. The SMILES string of the molecule is O=C(O)c1c(Cl)ccc[n+]1[O-]. The van der Waals surface area contributed by atoms with Crippen LogP contribution in [0.2, 0.25) is 5.02 Å². The number of aromatic carboxylic acids is 1. The molecule has 0 atom stereocenters. The fourth-order valence-corrected chi connectivity index (χ4v) is 0.898. The Bertz CT molecular complexity index is 280. The van der Waals surface area contributed by atoms with E-state index in [2.05, 4.69) is 0 Å². The normalized spacial score (nSPS) is 9.55. The van der Waals surface area contributed by atoms with Gasteiger partial charge in [0.05, 0.1) is 0 Å². The van der Waals surface area contributed by atoms with Gasteiger partial charge in [0, 0.05) is 6.07 Å². The van der Waals surface area contributed by atoms with Crippen molar-refractivity contribution in [1.29, 1.82) is 0 Å². The van der Waals surface area contributed by atoms with Gasteiger partial charge in [0.15, 0.2) is 6.20 Å². The lowest BCUT2D eigenvalue weighted by atomic mass is 10.3. The summed E-state index contributed by atoms with van der Waals surface area (Å²) in [6.45, 7) is 0. The molecule has 4 nitrogen and oxygen atoms in total. The van der Waals surface area contributed by atoms with Crippen LogP contribution in [0, 0.1) is 5.21 Å². The van der Waals surface area contributed by atoms with E-state index in [1.165, 1.54) is 12.1 Å². The van der Waals surface area contributed by atoms with Gasteiger partial charge in [-0.2, -0.15) is 4.73 Å². The van der Waals surface area contributed by atoms with Crippen LogP contribution >= 0.6 is 11.6 Å². The van der Waals surface area contributed by atoms with Gasteiger partial charge < -0.3 is 10.3 Å². The monoisotopic (exact) mass is 173 g/mol. The number of halogens is 1. The highest BCUT2D eigenvalue weighted by molar-refractivity contribution is 6.32. The van der Waals surface area contributed by atoms with Crippen molar-refractivity contribution < 1.29 is 14.6 Å². The standard InChI is InChI=1S/C6H4ClNO3/c7-4-2-1-3-8(11)5(4)6(9)10/h1-3H,(H,9,10). The minimum absolute atomic E-state index is 0.0602. The van der Waals surface area contributed by atoms with E-state index in [1.54, 1.807) is 0 Å². The molecule has 0 fully saturated rings. The van der Waals surface area contributed by atoms with Crippen LogP contribution < -0.4 is 4.73 Å². The molecule has 1 N–H and O–H groups in total. The third-order valence-corrected chi connectivity index (χ3v) is 1.42. The van der Waals surface area contributed by atoms with Gasteiger partial charge in [-0.25, -0.2) is 4.79 Å².